The lowest BCUT2D eigenvalue weighted by Crippen LogP contribution is -2.47. The Balaban J connectivity index is 1.41. The van der Waals surface area contributed by atoms with Crippen molar-refractivity contribution in [3.05, 3.63) is 54.0 Å². The van der Waals surface area contributed by atoms with Gasteiger partial charge in [-0.05, 0) is 24.1 Å². The minimum Gasteiger partial charge on any atom is -0.370 e. The molecule has 2 aromatic heterocycles. The number of likely N-dealkylation sites (tertiary alicyclic amines) is 1. The van der Waals surface area contributed by atoms with Crippen molar-refractivity contribution in [2.24, 2.45) is 0 Å². The van der Waals surface area contributed by atoms with Gasteiger partial charge in [0.25, 0.3) is 0 Å². The second-order valence-corrected chi connectivity index (χ2v) is 6.60. The Morgan fingerprint density at radius 1 is 1.21 bits per heavy atom. The SMILES string of the molecule is c1cc(CN2CC[C@H]3OCc4cnnn4[C@@H]3C2)c2cccnc2c1. The third-order valence-corrected chi connectivity index (χ3v) is 5.14. The second-order valence-electron chi connectivity index (χ2n) is 6.60. The number of rotatable bonds is 2. The Hall–Kier alpha value is -2.31. The van der Waals surface area contributed by atoms with Gasteiger partial charge in [0.05, 0.1) is 36.2 Å². The van der Waals surface area contributed by atoms with Crippen molar-refractivity contribution in [3.8, 4) is 0 Å². The molecule has 3 aromatic rings. The quantitative estimate of drug-likeness (QED) is 0.724. The zero-order valence-corrected chi connectivity index (χ0v) is 13.4. The van der Waals surface area contributed by atoms with E-state index in [0.717, 1.165) is 37.3 Å². The number of pyridine rings is 1. The van der Waals surface area contributed by atoms with Crippen LogP contribution < -0.4 is 0 Å². The van der Waals surface area contributed by atoms with E-state index in [1.165, 1.54) is 10.9 Å². The van der Waals surface area contributed by atoms with Crippen molar-refractivity contribution in [3.63, 3.8) is 0 Å². The van der Waals surface area contributed by atoms with Gasteiger partial charge in [-0.3, -0.25) is 9.88 Å². The van der Waals surface area contributed by atoms with Crippen LogP contribution in [0.1, 0.15) is 23.7 Å². The number of piperidine rings is 1. The lowest BCUT2D eigenvalue weighted by atomic mass is 9.99. The fraction of sp³-hybridized carbons (Fsp3) is 0.389. The first-order chi connectivity index (χ1) is 11.9. The lowest BCUT2D eigenvalue weighted by molar-refractivity contribution is -0.0669. The summed E-state index contributed by atoms with van der Waals surface area (Å²) in [5.74, 6) is 0. The van der Waals surface area contributed by atoms with Gasteiger partial charge in [-0.2, -0.15) is 0 Å². The molecule has 5 rings (SSSR count). The van der Waals surface area contributed by atoms with Crippen LogP contribution in [-0.2, 0) is 17.9 Å². The Bertz CT molecular complexity index is 871. The molecule has 0 N–H and O–H groups in total. The van der Waals surface area contributed by atoms with Gasteiger partial charge in [0, 0.05) is 31.2 Å². The minimum absolute atomic E-state index is 0.254. The van der Waals surface area contributed by atoms with Crippen LogP contribution in [0.4, 0.5) is 0 Å². The summed E-state index contributed by atoms with van der Waals surface area (Å²) in [7, 11) is 0. The molecule has 6 nitrogen and oxygen atoms in total. The molecular formula is C18H19N5O. The Morgan fingerprint density at radius 2 is 2.21 bits per heavy atom. The van der Waals surface area contributed by atoms with E-state index in [1.807, 2.05) is 18.5 Å². The molecule has 0 bridgehead atoms. The van der Waals surface area contributed by atoms with Crippen molar-refractivity contribution < 1.29 is 4.74 Å². The average Bonchev–Trinajstić information content (AvgIpc) is 3.11. The molecule has 0 aliphatic carbocycles. The van der Waals surface area contributed by atoms with Gasteiger partial charge in [0.1, 0.15) is 0 Å². The van der Waals surface area contributed by atoms with E-state index in [0.29, 0.717) is 6.61 Å². The molecule has 4 heterocycles. The van der Waals surface area contributed by atoms with Gasteiger partial charge in [-0.1, -0.05) is 23.4 Å². The zero-order chi connectivity index (χ0) is 15.9. The first kappa shape index (κ1) is 14.1. The molecule has 0 radical (unpaired) electrons. The van der Waals surface area contributed by atoms with Gasteiger partial charge >= 0.3 is 0 Å². The van der Waals surface area contributed by atoms with Crippen LogP contribution in [-0.4, -0.2) is 44.1 Å². The van der Waals surface area contributed by atoms with Crippen LogP contribution in [0, 0.1) is 0 Å². The van der Waals surface area contributed by atoms with Gasteiger partial charge in [-0.15, -0.1) is 5.10 Å². The van der Waals surface area contributed by atoms with E-state index in [9.17, 15) is 0 Å². The molecule has 0 spiro atoms. The lowest BCUT2D eigenvalue weighted by Gasteiger charge is -2.41. The maximum atomic E-state index is 6.00. The summed E-state index contributed by atoms with van der Waals surface area (Å²) in [5.41, 5.74) is 3.46. The number of benzene rings is 1. The summed E-state index contributed by atoms with van der Waals surface area (Å²) < 4.78 is 8.06. The monoisotopic (exact) mass is 321 g/mol. The summed E-state index contributed by atoms with van der Waals surface area (Å²) >= 11 is 0. The summed E-state index contributed by atoms with van der Waals surface area (Å²) in [6, 6.07) is 10.8. The summed E-state index contributed by atoms with van der Waals surface area (Å²) in [4.78, 5) is 6.95. The minimum atomic E-state index is 0.254. The highest BCUT2D eigenvalue weighted by molar-refractivity contribution is 5.81. The zero-order valence-electron chi connectivity index (χ0n) is 13.4. The molecule has 2 aliphatic rings. The standard InChI is InChI=1S/C18H19N5O/c1-3-13(15-4-2-7-19-16(15)5-1)10-22-8-6-18-17(11-22)23-14(12-24-18)9-20-21-23/h1-5,7,9,17-18H,6,8,10-12H2/t17-,18-/m1/s1. The first-order valence-corrected chi connectivity index (χ1v) is 8.44. The predicted octanol–water partition coefficient (Wildman–Crippen LogP) is 2.17. The number of aromatic nitrogens is 4. The molecule has 0 saturated carbocycles. The summed E-state index contributed by atoms with van der Waals surface area (Å²) in [5, 5.41) is 9.57. The van der Waals surface area contributed by atoms with Crippen LogP contribution in [0.25, 0.3) is 10.9 Å². The van der Waals surface area contributed by atoms with E-state index in [1.54, 1.807) is 0 Å². The molecule has 0 amide bonds. The van der Waals surface area contributed by atoms with E-state index in [4.69, 9.17) is 4.74 Å². The molecule has 1 fully saturated rings. The van der Waals surface area contributed by atoms with Crippen molar-refractivity contribution >= 4 is 10.9 Å². The van der Waals surface area contributed by atoms with E-state index in [-0.39, 0.29) is 12.1 Å². The highest BCUT2D eigenvalue weighted by Crippen LogP contribution is 2.31. The van der Waals surface area contributed by atoms with Crippen LogP contribution in [0.2, 0.25) is 0 Å². The molecular weight excluding hydrogens is 302 g/mol. The molecule has 2 aliphatic heterocycles. The van der Waals surface area contributed by atoms with Crippen molar-refractivity contribution in [1.29, 1.82) is 0 Å². The van der Waals surface area contributed by atoms with Crippen LogP contribution in [0.3, 0.4) is 0 Å². The maximum absolute atomic E-state index is 6.00. The Labute approximate surface area is 140 Å². The van der Waals surface area contributed by atoms with Crippen LogP contribution in [0.5, 0.6) is 0 Å². The van der Waals surface area contributed by atoms with E-state index < -0.39 is 0 Å². The second kappa shape index (κ2) is 5.65. The Morgan fingerprint density at radius 3 is 3.21 bits per heavy atom. The number of hydrogen-bond acceptors (Lipinski definition) is 5. The molecule has 24 heavy (non-hydrogen) atoms. The van der Waals surface area contributed by atoms with E-state index in [2.05, 4.69) is 49.1 Å². The first-order valence-electron chi connectivity index (χ1n) is 8.44. The molecule has 1 aromatic carbocycles. The van der Waals surface area contributed by atoms with Crippen LogP contribution >= 0.6 is 0 Å². The fourth-order valence-electron chi connectivity index (χ4n) is 3.93. The number of fused-ring (bicyclic) bond motifs is 4. The number of nitrogens with zero attached hydrogens (tertiary/aromatic N) is 5. The molecule has 122 valence electrons. The summed E-state index contributed by atoms with van der Waals surface area (Å²) in [6.07, 6.45) is 4.95. The van der Waals surface area contributed by atoms with Gasteiger partial charge in [-0.25, -0.2) is 4.68 Å². The van der Waals surface area contributed by atoms with E-state index >= 15 is 0 Å². The fourth-order valence-corrected chi connectivity index (χ4v) is 3.93. The van der Waals surface area contributed by atoms with Gasteiger partial charge < -0.3 is 4.74 Å². The molecule has 0 unspecified atom stereocenters. The normalized spacial score (nSPS) is 23.8. The highest BCUT2D eigenvalue weighted by atomic mass is 16.5. The van der Waals surface area contributed by atoms with Gasteiger partial charge in [0.2, 0.25) is 0 Å². The van der Waals surface area contributed by atoms with Crippen molar-refractivity contribution in [2.75, 3.05) is 13.1 Å². The Kier molecular flexibility index (Phi) is 3.31. The smallest absolute Gasteiger partial charge is 0.0930 e. The molecule has 1 saturated heterocycles. The highest BCUT2D eigenvalue weighted by Gasteiger charge is 2.36. The van der Waals surface area contributed by atoms with Crippen LogP contribution in [0.15, 0.2) is 42.7 Å². The molecule has 6 heteroatoms. The third-order valence-electron chi connectivity index (χ3n) is 5.14. The number of ether oxygens (including phenoxy) is 1. The van der Waals surface area contributed by atoms with Crippen molar-refractivity contribution in [2.45, 2.75) is 31.7 Å². The third kappa shape index (κ3) is 2.30. The largest absolute Gasteiger partial charge is 0.370 e. The maximum Gasteiger partial charge on any atom is 0.0930 e. The number of hydrogen-bond donors (Lipinski definition) is 0. The topological polar surface area (TPSA) is 56.1 Å². The van der Waals surface area contributed by atoms with Crippen molar-refractivity contribution in [1.82, 2.24) is 24.9 Å². The van der Waals surface area contributed by atoms with Gasteiger partial charge in [0.15, 0.2) is 0 Å². The predicted molar refractivity (Wildman–Crippen MR) is 89.3 cm³/mol. The molecule has 2 atom stereocenters. The summed E-state index contributed by atoms with van der Waals surface area (Å²) in [6.45, 7) is 3.54. The average molecular weight is 321 g/mol.